The molecule has 1 saturated heterocycles. The number of hydrogen-bond acceptors (Lipinski definition) is 7. The van der Waals surface area contributed by atoms with Gasteiger partial charge in [-0.1, -0.05) is 0 Å². The van der Waals surface area contributed by atoms with E-state index in [9.17, 15) is 4.79 Å². The van der Waals surface area contributed by atoms with Gasteiger partial charge >= 0.3 is 5.97 Å². The number of nitrogens with zero attached hydrogens (tertiary/aromatic N) is 3. The number of morpholine rings is 1. The molecule has 2 aromatic rings. The zero-order valence-electron chi connectivity index (χ0n) is 12.9. The minimum atomic E-state index is -0.354. The first-order valence-corrected chi connectivity index (χ1v) is 7.37. The topological polar surface area (TPSA) is 76.6 Å². The minimum absolute atomic E-state index is 0.354. The monoisotopic (exact) mass is 314 g/mol. The molecule has 7 heteroatoms. The lowest BCUT2D eigenvalue weighted by atomic mass is 10.2. The van der Waals surface area contributed by atoms with Gasteiger partial charge < -0.3 is 19.7 Å². The van der Waals surface area contributed by atoms with Crippen LogP contribution in [0.2, 0.25) is 0 Å². The van der Waals surface area contributed by atoms with Gasteiger partial charge in [0.25, 0.3) is 0 Å². The number of nitrogens with one attached hydrogen (secondary N) is 1. The standard InChI is InChI=1S/C16H18N4O3/c1-22-15(21)12-2-4-13(5-3-12)18-14-6-7-17-16(19-14)20-8-10-23-11-9-20/h2-7H,8-11H2,1H3,(H,17,18,19). The fourth-order valence-electron chi connectivity index (χ4n) is 2.29. The molecule has 0 radical (unpaired) electrons. The van der Waals surface area contributed by atoms with Gasteiger partial charge in [-0.05, 0) is 30.3 Å². The molecule has 0 saturated carbocycles. The van der Waals surface area contributed by atoms with E-state index in [4.69, 9.17) is 4.74 Å². The summed E-state index contributed by atoms with van der Waals surface area (Å²) in [5, 5.41) is 3.21. The molecule has 0 bridgehead atoms. The van der Waals surface area contributed by atoms with Gasteiger partial charge in [-0.3, -0.25) is 0 Å². The lowest BCUT2D eigenvalue weighted by Crippen LogP contribution is -2.37. The van der Waals surface area contributed by atoms with E-state index in [0.29, 0.717) is 30.5 Å². The van der Waals surface area contributed by atoms with Crippen LogP contribution in [-0.4, -0.2) is 49.4 Å². The molecule has 0 aliphatic carbocycles. The van der Waals surface area contributed by atoms with Crippen LogP contribution in [0, 0.1) is 0 Å². The summed E-state index contributed by atoms with van der Waals surface area (Å²) >= 11 is 0. The van der Waals surface area contributed by atoms with Crippen LogP contribution in [0.1, 0.15) is 10.4 Å². The van der Waals surface area contributed by atoms with Crippen molar-refractivity contribution < 1.29 is 14.3 Å². The number of benzene rings is 1. The minimum Gasteiger partial charge on any atom is -0.465 e. The molecule has 2 heterocycles. The smallest absolute Gasteiger partial charge is 0.337 e. The van der Waals surface area contributed by atoms with Gasteiger partial charge in [0.2, 0.25) is 5.95 Å². The van der Waals surface area contributed by atoms with Gasteiger partial charge in [0.15, 0.2) is 0 Å². The Balaban J connectivity index is 1.71. The third-order valence-electron chi connectivity index (χ3n) is 3.52. The van der Waals surface area contributed by atoms with Crippen molar-refractivity contribution in [1.29, 1.82) is 0 Å². The van der Waals surface area contributed by atoms with Crippen LogP contribution in [0.4, 0.5) is 17.5 Å². The number of carbonyl (C=O) groups is 1. The fraction of sp³-hybridized carbons (Fsp3) is 0.312. The summed E-state index contributed by atoms with van der Waals surface area (Å²) in [6.45, 7) is 2.96. The summed E-state index contributed by atoms with van der Waals surface area (Å²) in [7, 11) is 1.36. The number of rotatable bonds is 4. The summed E-state index contributed by atoms with van der Waals surface area (Å²) in [4.78, 5) is 22.3. The molecule has 0 atom stereocenters. The highest BCUT2D eigenvalue weighted by atomic mass is 16.5. The highest BCUT2D eigenvalue weighted by Gasteiger charge is 2.14. The van der Waals surface area contributed by atoms with E-state index in [0.717, 1.165) is 18.8 Å². The van der Waals surface area contributed by atoms with Crippen LogP contribution in [0.25, 0.3) is 0 Å². The van der Waals surface area contributed by atoms with E-state index in [-0.39, 0.29) is 5.97 Å². The lowest BCUT2D eigenvalue weighted by molar-refractivity contribution is 0.0601. The Morgan fingerprint density at radius 3 is 2.65 bits per heavy atom. The van der Waals surface area contributed by atoms with E-state index in [1.54, 1.807) is 24.4 Å². The zero-order valence-corrected chi connectivity index (χ0v) is 12.9. The predicted molar refractivity (Wildman–Crippen MR) is 86.1 cm³/mol. The second-order valence-corrected chi connectivity index (χ2v) is 5.04. The predicted octanol–water partition coefficient (Wildman–Crippen LogP) is 1.84. The molecule has 1 aliphatic rings. The largest absolute Gasteiger partial charge is 0.465 e. The second-order valence-electron chi connectivity index (χ2n) is 5.04. The highest BCUT2D eigenvalue weighted by Crippen LogP contribution is 2.18. The van der Waals surface area contributed by atoms with Gasteiger partial charge in [-0.15, -0.1) is 0 Å². The molecule has 1 aromatic heterocycles. The average molecular weight is 314 g/mol. The van der Waals surface area contributed by atoms with Crippen molar-refractivity contribution in [3.63, 3.8) is 0 Å². The van der Waals surface area contributed by atoms with Crippen molar-refractivity contribution in [3.8, 4) is 0 Å². The molecule has 0 amide bonds. The van der Waals surface area contributed by atoms with Crippen LogP contribution in [-0.2, 0) is 9.47 Å². The van der Waals surface area contributed by atoms with Crippen molar-refractivity contribution in [2.75, 3.05) is 43.6 Å². The normalized spacial score (nSPS) is 14.4. The van der Waals surface area contributed by atoms with Crippen LogP contribution in [0.3, 0.4) is 0 Å². The van der Waals surface area contributed by atoms with E-state index in [1.165, 1.54) is 7.11 Å². The fourth-order valence-corrected chi connectivity index (χ4v) is 2.29. The SMILES string of the molecule is COC(=O)c1ccc(Nc2ccnc(N3CCOCC3)n2)cc1. The number of aromatic nitrogens is 2. The molecular weight excluding hydrogens is 296 g/mol. The van der Waals surface area contributed by atoms with Gasteiger partial charge in [-0.25, -0.2) is 9.78 Å². The molecule has 23 heavy (non-hydrogen) atoms. The zero-order chi connectivity index (χ0) is 16.1. The second kappa shape index (κ2) is 7.06. The molecule has 1 aromatic carbocycles. The molecule has 7 nitrogen and oxygen atoms in total. The lowest BCUT2D eigenvalue weighted by Gasteiger charge is -2.26. The van der Waals surface area contributed by atoms with Crippen molar-refractivity contribution in [3.05, 3.63) is 42.1 Å². The maximum Gasteiger partial charge on any atom is 0.337 e. The van der Waals surface area contributed by atoms with E-state index in [1.807, 2.05) is 12.1 Å². The first-order valence-electron chi connectivity index (χ1n) is 7.37. The number of ether oxygens (including phenoxy) is 2. The quantitative estimate of drug-likeness (QED) is 0.863. The first kappa shape index (κ1) is 15.2. The number of carbonyl (C=O) groups excluding carboxylic acids is 1. The maximum atomic E-state index is 11.4. The van der Waals surface area contributed by atoms with Crippen LogP contribution < -0.4 is 10.2 Å². The van der Waals surface area contributed by atoms with Gasteiger partial charge in [0, 0.05) is 25.0 Å². The van der Waals surface area contributed by atoms with Crippen LogP contribution >= 0.6 is 0 Å². The Kier molecular flexibility index (Phi) is 4.68. The van der Waals surface area contributed by atoms with Gasteiger partial charge in [0.05, 0.1) is 25.9 Å². The van der Waals surface area contributed by atoms with Gasteiger partial charge in [-0.2, -0.15) is 4.98 Å². The molecule has 120 valence electrons. The third kappa shape index (κ3) is 3.75. The molecule has 1 N–H and O–H groups in total. The van der Waals surface area contributed by atoms with Crippen LogP contribution in [0.5, 0.6) is 0 Å². The van der Waals surface area contributed by atoms with Crippen molar-refractivity contribution >= 4 is 23.4 Å². The molecule has 0 unspecified atom stereocenters. The molecular formula is C16H18N4O3. The summed E-state index contributed by atoms with van der Waals surface area (Å²) in [6, 6.07) is 8.83. The molecule has 0 spiro atoms. The van der Waals surface area contributed by atoms with E-state index in [2.05, 4.69) is 24.9 Å². The molecule has 1 aliphatic heterocycles. The maximum absolute atomic E-state index is 11.4. The number of hydrogen-bond donors (Lipinski definition) is 1. The Morgan fingerprint density at radius 1 is 1.22 bits per heavy atom. The van der Waals surface area contributed by atoms with Gasteiger partial charge in [0.1, 0.15) is 5.82 Å². The van der Waals surface area contributed by atoms with Crippen molar-refractivity contribution in [2.24, 2.45) is 0 Å². The number of methoxy groups -OCH3 is 1. The first-order chi connectivity index (χ1) is 11.3. The van der Waals surface area contributed by atoms with Crippen molar-refractivity contribution in [2.45, 2.75) is 0 Å². The van der Waals surface area contributed by atoms with E-state index < -0.39 is 0 Å². The van der Waals surface area contributed by atoms with Crippen molar-refractivity contribution in [1.82, 2.24) is 9.97 Å². The Morgan fingerprint density at radius 2 is 1.96 bits per heavy atom. The number of anilines is 3. The Labute approximate surface area is 134 Å². The third-order valence-corrected chi connectivity index (χ3v) is 3.52. The average Bonchev–Trinajstić information content (AvgIpc) is 2.63. The molecule has 3 rings (SSSR count). The summed E-state index contributed by atoms with van der Waals surface area (Å²) in [5.74, 6) is 1.03. The summed E-state index contributed by atoms with van der Waals surface area (Å²) in [6.07, 6.45) is 1.73. The summed E-state index contributed by atoms with van der Waals surface area (Å²) < 4.78 is 10.0. The van der Waals surface area contributed by atoms with E-state index >= 15 is 0 Å². The summed E-state index contributed by atoms with van der Waals surface area (Å²) in [5.41, 5.74) is 1.35. The number of esters is 1. The highest BCUT2D eigenvalue weighted by molar-refractivity contribution is 5.89. The Bertz CT molecular complexity index is 669. The Hall–Kier alpha value is -2.67. The van der Waals surface area contributed by atoms with Crippen LogP contribution in [0.15, 0.2) is 36.5 Å². The molecule has 1 fully saturated rings.